The van der Waals surface area contributed by atoms with E-state index in [1.807, 2.05) is 36.4 Å². The van der Waals surface area contributed by atoms with E-state index in [1.54, 1.807) is 18.2 Å². The minimum Gasteiger partial charge on any atom is -0.355 e. The van der Waals surface area contributed by atoms with Crippen LogP contribution in [0, 0.1) is 21.4 Å². The number of nitrogens with one attached hydrogen (secondary N) is 1. The number of rotatable bonds is 5. The van der Waals surface area contributed by atoms with E-state index in [4.69, 9.17) is 16.1 Å². The first-order valence-corrected chi connectivity index (χ1v) is 9.66. The standard InChI is InChI=1S/C23H13ClN4O4/c24-19-12-17(28(30)31)7-9-21(19)26-23(29)16(13-25)10-14-6-8-20-18(11-14)22(32-27-20)15-4-2-1-3-5-15/h1-12H,(H,26,29)/b16-10+. The Balaban J connectivity index is 1.64. The number of hydrogen-bond donors (Lipinski definition) is 1. The van der Waals surface area contributed by atoms with Crippen molar-refractivity contribution in [1.29, 1.82) is 5.26 Å². The molecule has 0 saturated carbocycles. The largest absolute Gasteiger partial charge is 0.355 e. The van der Waals surface area contributed by atoms with Crippen molar-refractivity contribution in [3.05, 3.63) is 93.0 Å². The van der Waals surface area contributed by atoms with Gasteiger partial charge in [0.25, 0.3) is 11.6 Å². The molecule has 156 valence electrons. The van der Waals surface area contributed by atoms with Crippen LogP contribution < -0.4 is 5.32 Å². The summed E-state index contributed by atoms with van der Waals surface area (Å²) >= 11 is 6.02. The maximum absolute atomic E-state index is 12.6. The molecule has 3 aromatic carbocycles. The molecule has 0 unspecified atom stereocenters. The molecular weight excluding hydrogens is 432 g/mol. The molecule has 0 saturated heterocycles. The van der Waals surface area contributed by atoms with Crippen LogP contribution in [0.15, 0.2) is 76.8 Å². The normalized spacial score (nSPS) is 11.2. The molecular formula is C23H13ClN4O4. The third-order valence-corrected chi connectivity index (χ3v) is 4.94. The maximum Gasteiger partial charge on any atom is 0.271 e. The number of nitrogens with zero attached hydrogens (tertiary/aromatic N) is 3. The maximum atomic E-state index is 12.6. The lowest BCUT2D eigenvalue weighted by atomic mass is 10.0. The lowest BCUT2D eigenvalue weighted by molar-refractivity contribution is -0.384. The fourth-order valence-corrected chi connectivity index (χ4v) is 3.29. The van der Waals surface area contributed by atoms with E-state index in [1.165, 1.54) is 18.2 Å². The number of nitro benzene ring substituents is 1. The van der Waals surface area contributed by atoms with E-state index in [0.29, 0.717) is 16.8 Å². The number of nitriles is 1. The number of aromatic nitrogens is 1. The summed E-state index contributed by atoms with van der Waals surface area (Å²) in [6, 6.07) is 20.2. The van der Waals surface area contributed by atoms with Crippen LogP contribution in [-0.4, -0.2) is 16.0 Å². The van der Waals surface area contributed by atoms with Crippen LogP contribution >= 0.6 is 11.6 Å². The first-order chi connectivity index (χ1) is 15.5. The zero-order valence-electron chi connectivity index (χ0n) is 16.3. The molecule has 0 spiro atoms. The molecule has 0 radical (unpaired) electrons. The SMILES string of the molecule is N#C/C(=C\c1ccc2noc(-c3ccccc3)c2c1)C(=O)Nc1ccc([N+](=O)[O-])cc1Cl. The fourth-order valence-electron chi connectivity index (χ4n) is 3.07. The van der Waals surface area contributed by atoms with Gasteiger partial charge in [0, 0.05) is 17.7 Å². The Morgan fingerprint density at radius 3 is 2.62 bits per heavy atom. The zero-order valence-corrected chi connectivity index (χ0v) is 17.0. The van der Waals surface area contributed by atoms with Crippen LogP contribution in [0.2, 0.25) is 5.02 Å². The van der Waals surface area contributed by atoms with Crippen LogP contribution in [0.4, 0.5) is 11.4 Å². The minimum absolute atomic E-state index is 0.0109. The predicted molar refractivity (Wildman–Crippen MR) is 120 cm³/mol. The average Bonchev–Trinajstić information content (AvgIpc) is 3.22. The van der Waals surface area contributed by atoms with Crippen LogP contribution in [0.5, 0.6) is 0 Å². The molecule has 0 atom stereocenters. The summed E-state index contributed by atoms with van der Waals surface area (Å²) in [6.45, 7) is 0. The molecule has 0 fully saturated rings. The summed E-state index contributed by atoms with van der Waals surface area (Å²) in [4.78, 5) is 22.8. The quantitative estimate of drug-likeness (QED) is 0.185. The minimum atomic E-state index is -0.697. The van der Waals surface area contributed by atoms with Gasteiger partial charge in [0.2, 0.25) is 0 Å². The summed E-state index contributed by atoms with van der Waals surface area (Å²) in [6.07, 6.45) is 1.43. The van der Waals surface area contributed by atoms with Gasteiger partial charge in [0.15, 0.2) is 5.76 Å². The monoisotopic (exact) mass is 444 g/mol. The van der Waals surface area contributed by atoms with E-state index < -0.39 is 10.8 Å². The second-order valence-electron chi connectivity index (χ2n) is 6.70. The van der Waals surface area contributed by atoms with E-state index in [-0.39, 0.29) is 22.0 Å². The van der Waals surface area contributed by atoms with Crippen molar-refractivity contribution in [3.8, 4) is 17.4 Å². The van der Waals surface area contributed by atoms with Crippen molar-refractivity contribution in [2.45, 2.75) is 0 Å². The van der Waals surface area contributed by atoms with Crippen LogP contribution in [0.1, 0.15) is 5.56 Å². The molecule has 0 aliphatic rings. The smallest absolute Gasteiger partial charge is 0.271 e. The number of carbonyl (C=O) groups is 1. The van der Waals surface area contributed by atoms with Gasteiger partial charge in [-0.3, -0.25) is 14.9 Å². The zero-order chi connectivity index (χ0) is 22.7. The lowest BCUT2D eigenvalue weighted by Crippen LogP contribution is -2.13. The third-order valence-electron chi connectivity index (χ3n) is 4.62. The Kier molecular flexibility index (Phi) is 5.66. The Bertz CT molecular complexity index is 1420. The van der Waals surface area contributed by atoms with Crippen molar-refractivity contribution in [3.63, 3.8) is 0 Å². The predicted octanol–water partition coefficient (Wildman–Crippen LogP) is 5.60. The van der Waals surface area contributed by atoms with E-state index >= 15 is 0 Å². The number of anilines is 1. The van der Waals surface area contributed by atoms with E-state index in [9.17, 15) is 20.2 Å². The molecule has 0 aliphatic carbocycles. The average molecular weight is 445 g/mol. The topological polar surface area (TPSA) is 122 Å². The van der Waals surface area contributed by atoms with Crippen molar-refractivity contribution in [2.75, 3.05) is 5.32 Å². The third kappa shape index (κ3) is 4.19. The molecule has 4 aromatic rings. The highest BCUT2D eigenvalue weighted by Crippen LogP contribution is 2.30. The Labute approximate surface area is 186 Å². The molecule has 1 amide bonds. The van der Waals surface area contributed by atoms with E-state index in [0.717, 1.165) is 17.0 Å². The van der Waals surface area contributed by atoms with Crippen LogP contribution in [0.3, 0.4) is 0 Å². The number of benzene rings is 3. The Morgan fingerprint density at radius 2 is 1.94 bits per heavy atom. The van der Waals surface area contributed by atoms with Gasteiger partial charge in [-0.15, -0.1) is 0 Å². The highest BCUT2D eigenvalue weighted by molar-refractivity contribution is 6.34. The number of non-ortho nitro benzene ring substituents is 1. The number of nitro groups is 1. The number of carbonyl (C=O) groups excluding carboxylic acids is 1. The van der Waals surface area contributed by atoms with Gasteiger partial charge in [0.1, 0.15) is 17.2 Å². The van der Waals surface area contributed by atoms with Crippen molar-refractivity contribution in [1.82, 2.24) is 5.16 Å². The van der Waals surface area contributed by atoms with Crippen LogP contribution in [-0.2, 0) is 4.79 Å². The molecule has 0 bridgehead atoms. The van der Waals surface area contributed by atoms with Crippen molar-refractivity contribution in [2.24, 2.45) is 0 Å². The highest BCUT2D eigenvalue weighted by Gasteiger charge is 2.15. The first-order valence-electron chi connectivity index (χ1n) is 9.28. The summed E-state index contributed by atoms with van der Waals surface area (Å²) < 4.78 is 5.48. The molecule has 1 aromatic heterocycles. The first kappa shape index (κ1) is 20.8. The molecule has 8 nitrogen and oxygen atoms in total. The molecule has 9 heteroatoms. The van der Waals surface area contributed by atoms with Crippen LogP contribution in [0.25, 0.3) is 28.3 Å². The van der Waals surface area contributed by atoms with Gasteiger partial charge in [0.05, 0.1) is 21.0 Å². The molecule has 1 N–H and O–H groups in total. The van der Waals surface area contributed by atoms with Crippen molar-refractivity contribution >= 4 is 45.9 Å². The van der Waals surface area contributed by atoms with E-state index in [2.05, 4.69) is 10.5 Å². The second kappa shape index (κ2) is 8.71. The second-order valence-corrected chi connectivity index (χ2v) is 7.11. The van der Waals surface area contributed by atoms with Gasteiger partial charge in [-0.25, -0.2) is 0 Å². The van der Waals surface area contributed by atoms with Gasteiger partial charge in [-0.05, 0) is 29.8 Å². The molecule has 0 aliphatic heterocycles. The summed E-state index contributed by atoms with van der Waals surface area (Å²) in [7, 11) is 0. The lowest BCUT2D eigenvalue weighted by Gasteiger charge is -2.06. The summed E-state index contributed by atoms with van der Waals surface area (Å²) in [5.41, 5.74) is 1.87. The Hall–Kier alpha value is -4.48. The number of hydrogen-bond acceptors (Lipinski definition) is 6. The number of halogens is 1. The number of amides is 1. The Morgan fingerprint density at radius 1 is 1.16 bits per heavy atom. The molecule has 32 heavy (non-hydrogen) atoms. The van der Waals surface area contributed by atoms with Gasteiger partial charge in [-0.1, -0.05) is 53.2 Å². The fraction of sp³-hybridized carbons (Fsp3) is 0. The highest BCUT2D eigenvalue weighted by atomic mass is 35.5. The summed E-state index contributed by atoms with van der Waals surface area (Å²) in [5.74, 6) is -0.117. The molecule has 4 rings (SSSR count). The number of fused-ring (bicyclic) bond motifs is 1. The van der Waals surface area contributed by atoms with Gasteiger partial charge < -0.3 is 9.84 Å². The van der Waals surface area contributed by atoms with Crippen molar-refractivity contribution < 1.29 is 14.2 Å². The summed E-state index contributed by atoms with van der Waals surface area (Å²) in [5, 5.41) is 27.6. The van der Waals surface area contributed by atoms with Gasteiger partial charge in [-0.2, -0.15) is 5.26 Å². The van der Waals surface area contributed by atoms with Gasteiger partial charge >= 0.3 is 0 Å². The molecule has 1 heterocycles.